The van der Waals surface area contributed by atoms with E-state index in [9.17, 15) is 9.18 Å². The number of aromatic nitrogens is 3. The molecule has 2 N–H and O–H groups in total. The molecule has 1 amide bonds. The fraction of sp³-hybridized carbons (Fsp3) is 0.400. The first-order chi connectivity index (χ1) is 16.0. The zero-order valence-corrected chi connectivity index (χ0v) is 18.7. The van der Waals surface area contributed by atoms with Gasteiger partial charge in [0.25, 0.3) is 5.91 Å². The fourth-order valence-electron chi connectivity index (χ4n) is 4.58. The smallest absolute Gasteiger partial charge is 0.256 e. The molecule has 5 rings (SSSR count). The fourth-order valence-corrected chi connectivity index (χ4v) is 4.58. The highest BCUT2D eigenvalue weighted by Gasteiger charge is 2.33. The standard InChI is InChI=1S/C25H28FN5O2/c1-30-24(18(12-29-30)15-33-21-6-3-7-21)23-10-17-14-31(25(32)22(17)13-28-23)20(11-27)9-16-4-2-5-19(26)8-16/h2,4-5,8,10,12-13,20-21H,3,6-7,9,11,14-15,27H2,1H3/t20-/m0/s1. The lowest BCUT2D eigenvalue weighted by Crippen LogP contribution is -2.42. The molecule has 8 heteroatoms. The number of benzene rings is 1. The predicted molar refractivity (Wildman–Crippen MR) is 122 cm³/mol. The Hall–Kier alpha value is -3.10. The number of rotatable bonds is 8. The van der Waals surface area contributed by atoms with Crippen LogP contribution in [-0.2, 0) is 31.4 Å². The summed E-state index contributed by atoms with van der Waals surface area (Å²) in [6, 6.07) is 8.18. The van der Waals surface area contributed by atoms with Crippen LogP contribution in [0.4, 0.5) is 4.39 Å². The van der Waals surface area contributed by atoms with Crippen LogP contribution in [0.2, 0.25) is 0 Å². The van der Waals surface area contributed by atoms with E-state index in [1.807, 2.05) is 25.4 Å². The maximum Gasteiger partial charge on any atom is 0.256 e. The number of ether oxygens (including phenoxy) is 1. The summed E-state index contributed by atoms with van der Waals surface area (Å²) in [5.74, 6) is -0.379. The number of aryl methyl sites for hydroxylation is 1. The largest absolute Gasteiger partial charge is 0.373 e. The summed E-state index contributed by atoms with van der Waals surface area (Å²) in [6.45, 7) is 1.24. The van der Waals surface area contributed by atoms with Crippen molar-refractivity contribution in [3.05, 3.63) is 70.8 Å². The molecule has 33 heavy (non-hydrogen) atoms. The van der Waals surface area contributed by atoms with Gasteiger partial charge in [-0.25, -0.2) is 4.39 Å². The predicted octanol–water partition coefficient (Wildman–Crippen LogP) is 3.22. The molecule has 0 unspecified atom stereocenters. The maximum atomic E-state index is 13.6. The van der Waals surface area contributed by atoms with Crippen LogP contribution in [-0.4, -0.2) is 44.3 Å². The van der Waals surface area contributed by atoms with Gasteiger partial charge in [0.2, 0.25) is 0 Å². The van der Waals surface area contributed by atoms with E-state index in [1.54, 1.807) is 21.8 Å². The first-order valence-electron chi connectivity index (χ1n) is 11.4. The number of hydrogen-bond acceptors (Lipinski definition) is 5. The van der Waals surface area contributed by atoms with Gasteiger partial charge in [0.15, 0.2) is 0 Å². The number of amides is 1. The minimum Gasteiger partial charge on any atom is -0.373 e. The maximum absolute atomic E-state index is 13.6. The van der Waals surface area contributed by atoms with Crippen LogP contribution < -0.4 is 5.73 Å². The second kappa shape index (κ2) is 9.03. The van der Waals surface area contributed by atoms with Crippen LogP contribution in [0, 0.1) is 5.82 Å². The monoisotopic (exact) mass is 449 g/mol. The Morgan fingerprint density at radius 1 is 1.27 bits per heavy atom. The molecule has 1 atom stereocenters. The molecule has 0 spiro atoms. The lowest BCUT2D eigenvalue weighted by atomic mass is 9.96. The Labute approximate surface area is 192 Å². The Morgan fingerprint density at radius 3 is 2.85 bits per heavy atom. The van der Waals surface area contributed by atoms with Crippen LogP contribution in [0.25, 0.3) is 11.4 Å². The minimum atomic E-state index is -0.290. The van der Waals surface area contributed by atoms with Crippen molar-refractivity contribution < 1.29 is 13.9 Å². The second-order valence-corrected chi connectivity index (χ2v) is 8.89. The van der Waals surface area contributed by atoms with Crippen molar-refractivity contribution in [2.75, 3.05) is 6.54 Å². The van der Waals surface area contributed by atoms with Crippen LogP contribution in [0.1, 0.15) is 46.3 Å². The number of pyridine rings is 1. The zero-order chi connectivity index (χ0) is 22.9. The van der Waals surface area contributed by atoms with E-state index in [2.05, 4.69) is 10.1 Å². The lowest BCUT2D eigenvalue weighted by Gasteiger charge is -2.26. The molecule has 3 heterocycles. The highest BCUT2D eigenvalue weighted by Crippen LogP contribution is 2.31. The molecule has 172 valence electrons. The van der Waals surface area contributed by atoms with Gasteiger partial charge in [-0.05, 0) is 55.0 Å². The molecule has 1 aliphatic heterocycles. The topological polar surface area (TPSA) is 86.3 Å². The molecular formula is C25H28FN5O2. The third-order valence-corrected chi connectivity index (χ3v) is 6.68. The van der Waals surface area contributed by atoms with Crippen molar-refractivity contribution in [1.29, 1.82) is 0 Å². The number of nitrogens with two attached hydrogens (primary N) is 1. The number of carbonyl (C=O) groups excluding carboxylic acids is 1. The SMILES string of the molecule is Cn1ncc(COC2CCC2)c1-c1cc2c(cn1)C(=O)N([C@H](CN)Cc1cccc(F)c1)C2. The highest BCUT2D eigenvalue weighted by molar-refractivity contribution is 5.98. The zero-order valence-electron chi connectivity index (χ0n) is 18.7. The van der Waals surface area contributed by atoms with Gasteiger partial charge in [0, 0.05) is 37.9 Å². The summed E-state index contributed by atoms with van der Waals surface area (Å²) in [4.78, 5) is 19.5. The summed E-state index contributed by atoms with van der Waals surface area (Å²) in [5.41, 5.74) is 11.0. The quantitative estimate of drug-likeness (QED) is 0.571. The van der Waals surface area contributed by atoms with E-state index >= 15 is 0 Å². The first-order valence-corrected chi connectivity index (χ1v) is 11.4. The van der Waals surface area contributed by atoms with Gasteiger partial charge >= 0.3 is 0 Å². The number of nitrogens with zero attached hydrogens (tertiary/aromatic N) is 4. The molecule has 1 saturated carbocycles. The summed E-state index contributed by atoms with van der Waals surface area (Å²) in [6.07, 6.45) is 7.76. The highest BCUT2D eigenvalue weighted by atomic mass is 19.1. The molecule has 1 aliphatic carbocycles. The van der Waals surface area contributed by atoms with E-state index in [-0.39, 0.29) is 17.8 Å². The Bertz CT molecular complexity index is 1170. The van der Waals surface area contributed by atoms with Crippen LogP contribution in [0.3, 0.4) is 0 Å². The van der Waals surface area contributed by atoms with Gasteiger partial charge in [-0.15, -0.1) is 0 Å². The molecular weight excluding hydrogens is 421 g/mol. The normalized spacial score (nSPS) is 16.7. The van der Waals surface area contributed by atoms with Crippen LogP contribution >= 0.6 is 0 Å². The van der Waals surface area contributed by atoms with Crippen molar-refractivity contribution in [1.82, 2.24) is 19.7 Å². The molecule has 2 aliphatic rings. The van der Waals surface area contributed by atoms with E-state index in [1.165, 1.54) is 18.6 Å². The van der Waals surface area contributed by atoms with E-state index in [0.717, 1.165) is 40.9 Å². The minimum absolute atomic E-state index is 0.0885. The summed E-state index contributed by atoms with van der Waals surface area (Å²) in [7, 11) is 1.89. The van der Waals surface area contributed by atoms with E-state index in [4.69, 9.17) is 10.5 Å². The van der Waals surface area contributed by atoms with E-state index < -0.39 is 0 Å². The first kappa shape index (κ1) is 21.7. The number of halogens is 1. The Balaban J connectivity index is 1.36. The Kier molecular flexibility index (Phi) is 5.95. The van der Waals surface area contributed by atoms with Crippen LogP contribution in [0.5, 0.6) is 0 Å². The number of hydrogen-bond donors (Lipinski definition) is 1. The third kappa shape index (κ3) is 4.28. The molecule has 0 bridgehead atoms. The molecule has 7 nitrogen and oxygen atoms in total. The average Bonchev–Trinajstić information content (AvgIpc) is 3.30. The second-order valence-electron chi connectivity index (χ2n) is 8.89. The molecule has 0 radical (unpaired) electrons. The van der Waals surface area contributed by atoms with Crippen molar-refractivity contribution in [3.63, 3.8) is 0 Å². The van der Waals surface area contributed by atoms with Crippen molar-refractivity contribution >= 4 is 5.91 Å². The number of carbonyl (C=O) groups is 1. The third-order valence-electron chi connectivity index (χ3n) is 6.68. The average molecular weight is 450 g/mol. The number of fused-ring (bicyclic) bond motifs is 1. The lowest BCUT2D eigenvalue weighted by molar-refractivity contribution is -0.00849. The van der Waals surface area contributed by atoms with Crippen molar-refractivity contribution in [2.24, 2.45) is 12.8 Å². The van der Waals surface area contributed by atoms with Gasteiger partial charge in [0.1, 0.15) is 5.82 Å². The Morgan fingerprint density at radius 2 is 2.12 bits per heavy atom. The van der Waals surface area contributed by atoms with Crippen molar-refractivity contribution in [2.45, 2.75) is 51.0 Å². The van der Waals surface area contributed by atoms with Gasteiger partial charge in [0.05, 0.1) is 35.9 Å². The van der Waals surface area contributed by atoms with Gasteiger partial charge in [-0.2, -0.15) is 5.10 Å². The van der Waals surface area contributed by atoms with Crippen LogP contribution in [0.15, 0.2) is 42.7 Å². The molecule has 1 aromatic carbocycles. The molecule has 0 saturated heterocycles. The summed E-state index contributed by atoms with van der Waals surface area (Å²) in [5, 5.41) is 4.41. The van der Waals surface area contributed by atoms with Gasteiger partial charge in [-0.1, -0.05) is 12.1 Å². The van der Waals surface area contributed by atoms with Crippen molar-refractivity contribution in [3.8, 4) is 11.4 Å². The molecule has 1 fully saturated rings. The van der Waals surface area contributed by atoms with E-state index in [0.29, 0.717) is 37.8 Å². The van der Waals surface area contributed by atoms with Gasteiger partial charge in [-0.3, -0.25) is 14.5 Å². The summed E-state index contributed by atoms with van der Waals surface area (Å²) < 4.78 is 21.4. The molecule has 2 aromatic heterocycles. The summed E-state index contributed by atoms with van der Waals surface area (Å²) >= 11 is 0. The van der Waals surface area contributed by atoms with Gasteiger partial charge < -0.3 is 15.4 Å². The molecule has 3 aromatic rings.